The highest BCUT2D eigenvalue weighted by atomic mass is 35.5. The summed E-state index contributed by atoms with van der Waals surface area (Å²) in [7, 11) is 0. The molecule has 1 aliphatic rings. The van der Waals surface area contributed by atoms with E-state index in [4.69, 9.17) is 5.73 Å². The SMILES string of the molecule is CC1CCCN1C(=O)c1ccnc(CN)c1.Cl. The third-order valence-corrected chi connectivity index (χ3v) is 3.09. The van der Waals surface area contributed by atoms with Crippen LogP contribution in [0.25, 0.3) is 0 Å². The molecule has 0 saturated carbocycles. The van der Waals surface area contributed by atoms with Gasteiger partial charge in [-0.2, -0.15) is 0 Å². The Morgan fingerprint density at radius 3 is 3.00 bits per heavy atom. The fourth-order valence-corrected chi connectivity index (χ4v) is 2.12. The van der Waals surface area contributed by atoms with Crippen molar-refractivity contribution in [2.24, 2.45) is 5.73 Å². The Kier molecular flexibility index (Phi) is 4.90. The van der Waals surface area contributed by atoms with E-state index < -0.39 is 0 Å². The number of nitrogens with zero attached hydrogens (tertiary/aromatic N) is 2. The zero-order valence-electron chi connectivity index (χ0n) is 9.93. The molecule has 0 bridgehead atoms. The van der Waals surface area contributed by atoms with E-state index in [0.29, 0.717) is 18.2 Å². The molecule has 5 heteroatoms. The van der Waals surface area contributed by atoms with Gasteiger partial charge in [-0.05, 0) is 31.9 Å². The largest absolute Gasteiger partial charge is 0.336 e. The van der Waals surface area contributed by atoms with Gasteiger partial charge in [0.05, 0.1) is 5.69 Å². The van der Waals surface area contributed by atoms with E-state index >= 15 is 0 Å². The van der Waals surface area contributed by atoms with Gasteiger partial charge in [0.2, 0.25) is 0 Å². The number of nitrogens with two attached hydrogens (primary N) is 1. The highest BCUT2D eigenvalue weighted by molar-refractivity contribution is 5.94. The Hall–Kier alpha value is -1.13. The van der Waals surface area contributed by atoms with Gasteiger partial charge in [-0.3, -0.25) is 9.78 Å². The molecule has 0 aromatic carbocycles. The van der Waals surface area contributed by atoms with Crippen molar-refractivity contribution in [3.8, 4) is 0 Å². The molecule has 1 aromatic rings. The van der Waals surface area contributed by atoms with Gasteiger partial charge in [-0.15, -0.1) is 12.4 Å². The highest BCUT2D eigenvalue weighted by Crippen LogP contribution is 2.19. The minimum atomic E-state index is 0. The van der Waals surface area contributed by atoms with E-state index in [1.54, 1.807) is 18.3 Å². The molecule has 1 atom stereocenters. The molecule has 2 heterocycles. The number of likely N-dealkylation sites (tertiary alicyclic amines) is 1. The quantitative estimate of drug-likeness (QED) is 0.873. The van der Waals surface area contributed by atoms with Crippen LogP contribution in [0.4, 0.5) is 0 Å². The number of aromatic nitrogens is 1. The molecule has 2 rings (SSSR count). The molecule has 0 spiro atoms. The lowest BCUT2D eigenvalue weighted by molar-refractivity contribution is 0.0747. The van der Waals surface area contributed by atoms with Crippen molar-refractivity contribution in [1.82, 2.24) is 9.88 Å². The fourth-order valence-electron chi connectivity index (χ4n) is 2.12. The van der Waals surface area contributed by atoms with Crippen LogP contribution in [0.3, 0.4) is 0 Å². The molecule has 1 unspecified atom stereocenters. The number of rotatable bonds is 2. The van der Waals surface area contributed by atoms with Crippen LogP contribution in [0.5, 0.6) is 0 Å². The molecule has 1 fully saturated rings. The molecule has 4 nitrogen and oxygen atoms in total. The zero-order valence-corrected chi connectivity index (χ0v) is 10.7. The van der Waals surface area contributed by atoms with Crippen molar-refractivity contribution >= 4 is 18.3 Å². The minimum absolute atomic E-state index is 0. The third-order valence-electron chi connectivity index (χ3n) is 3.09. The van der Waals surface area contributed by atoms with Gasteiger partial charge < -0.3 is 10.6 Å². The molecule has 1 aliphatic heterocycles. The van der Waals surface area contributed by atoms with Crippen LogP contribution < -0.4 is 5.73 Å². The van der Waals surface area contributed by atoms with Gasteiger partial charge in [0.25, 0.3) is 5.91 Å². The van der Waals surface area contributed by atoms with Crippen molar-refractivity contribution in [3.63, 3.8) is 0 Å². The average molecular weight is 256 g/mol. The molecule has 0 radical (unpaired) electrons. The molecule has 2 N–H and O–H groups in total. The van der Waals surface area contributed by atoms with Crippen LogP contribution in [-0.2, 0) is 6.54 Å². The van der Waals surface area contributed by atoms with Crippen molar-refractivity contribution in [2.45, 2.75) is 32.4 Å². The average Bonchev–Trinajstić information content (AvgIpc) is 2.74. The molecule has 1 saturated heterocycles. The molecule has 17 heavy (non-hydrogen) atoms. The van der Waals surface area contributed by atoms with Crippen molar-refractivity contribution in [1.29, 1.82) is 0 Å². The first-order valence-corrected chi connectivity index (χ1v) is 5.68. The predicted octanol–water partition coefficient (Wildman–Crippen LogP) is 1.59. The predicted molar refractivity (Wildman–Crippen MR) is 69.1 cm³/mol. The lowest BCUT2D eigenvalue weighted by Gasteiger charge is -2.21. The second-order valence-corrected chi connectivity index (χ2v) is 4.23. The standard InChI is InChI=1S/C12H17N3O.ClH/c1-9-3-2-6-15(9)12(16)10-4-5-14-11(7-10)8-13;/h4-5,7,9H,2-3,6,8,13H2,1H3;1H. The number of hydrogen-bond acceptors (Lipinski definition) is 3. The van der Waals surface area contributed by atoms with Gasteiger partial charge in [0, 0.05) is 30.9 Å². The summed E-state index contributed by atoms with van der Waals surface area (Å²) in [5, 5.41) is 0. The summed E-state index contributed by atoms with van der Waals surface area (Å²) in [6.45, 7) is 3.33. The lowest BCUT2D eigenvalue weighted by atomic mass is 10.2. The normalized spacial score (nSPS) is 18.9. The van der Waals surface area contributed by atoms with Crippen LogP contribution in [0.1, 0.15) is 35.8 Å². The van der Waals surface area contributed by atoms with Gasteiger partial charge in [0.15, 0.2) is 0 Å². The van der Waals surface area contributed by atoms with Gasteiger partial charge in [-0.25, -0.2) is 0 Å². The molecule has 1 amide bonds. The monoisotopic (exact) mass is 255 g/mol. The second-order valence-electron chi connectivity index (χ2n) is 4.23. The van der Waals surface area contributed by atoms with E-state index in [-0.39, 0.29) is 18.3 Å². The molecular formula is C12H18ClN3O. The zero-order chi connectivity index (χ0) is 11.5. The highest BCUT2D eigenvalue weighted by Gasteiger charge is 2.25. The number of hydrogen-bond donors (Lipinski definition) is 1. The maximum Gasteiger partial charge on any atom is 0.254 e. The van der Waals surface area contributed by atoms with Crippen LogP contribution in [0, 0.1) is 0 Å². The maximum atomic E-state index is 12.2. The van der Waals surface area contributed by atoms with E-state index in [1.165, 1.54) is 0 Å². The number of halogens is 1. The number of carbonyl (C=O) groups excluding carboxylic acids is 1. The third kappa shape index (κ3) is 2.96. The summed E-state index contributed by atoms with van der Waals surface area (Å²) in [5.41, 5.74) is 6.97. The number of carbonyl (C=O) groups is 1. The van der Waals surface area contributed by atoms with Crippen molar-refractivity contribution < 1.29 is 4.79 Å². The Bertz CT molecular complexity index is 397. The molecule has 0 aliphatic carbocycles. The van der Waals surface area contributed by atoms with E-state index in [0.717, 1.165) is 25.1 Å². The van der Waals surface area contributed by atoms with Gasteiger partial charge in [-0.1, -0.05) is 0 Å². The van der Waals surface area contributed by atoms with E-state index in [2.05, 4.69) is 11.9 Å². The first-order valence-electron chi connectivity index (χ1n) is 5.68. The summed E-state index contributed by atoms with van der Waals surface area (Å²) in [6, 6.07) is 3.89. The van der Waals surface area contributed by atoms with Crippen molar-refractivity contribution in [3.05, 3.63) is 29.6 Å². The van der Waals surface area contributed by atoms with Gasteiger partial charge in [0.1, 0.15) is 0 Å². The van der Waals surface area contributed by atoms with Crippen LogP contribution in [0.15, 0.2) is 18.3 Å². The van der Waals surface area contributed by atoms with Crippen molar-refractivity contribution in [2.75, 3.05) is 6.54 Å². The second kappa shape index (κ2) is 5.98. The Morgan fingerprint density at radius 2 is 2.41 bits per heavy atom. The maximum absolute atomic E-state index is 12.2. The molecule has 1 aromatic heterocycles. The Morgan fingerprint density at radius 1 is 1.65 bits per heavy atom. The molecule has 94 valence electrons. The summed E-state index contributed by atoms with van der Waals surface area (Å²) in [6.07, 6.45) is 3.85. The number of pyridine rings is 1. The summed E-state index contributed by atoms with van der Waals surface area (Å²) < 4.78 is 0. The van der Waals surface area contributed by atoms with Crippen LogP contribution >= 0.6 is 12.4 Å². The Labute approximate surface area is 108 Å². The van der Waals surface area contributed by atoms with Crippen LogP contribution in [0.2, 0.25) is 0 Å². The summed E-state index contributed by atoms with van der Waals surface area (Å²) in [4.78, 5) is 18.2. The number of amides is 1. The van der Waals surface area contributed by atoms with E-state index in [1.807, 2.05) is 4.90 Å². The lowest BCUT2D eigenvalue weighted by Crippen LogP contribution is -2.33. The molecular weight excluding hydrogens is 238 g/mol. The fraction of sp³-hybridized carbons (Fsp3) is 0.500. The van der Waals surface area contributed by atoms with Crippen LogP contribution in [-0.4, -0.2) is 28.4 Å². The Balaban J connectivity index is 0.00000144. The first kappa shape index (κ1) is 13.9. The topological polar surface area (TPSA) is 59.2 Å². The minimum Gasteiger partial charge on any atom is -0.336 e. The summed E-state index contributed by atoms with van der Waals surface area (Å²) >= 11 is 0. The summed E-state index contributed by atoms with van der Waals surface area (Å²) in [5.74, 6) is 0.0992. The van der Waals surface area contributed by atoms with E-state index in [9.17, 15) is 4.79 Å². The smallest absolute Gasteiger partial charge is 0.254 e. The first-order chi connectivity index (χ1) is 7.72. The van der Waals surface area contributed by atoms with Gasteiger partial charge >= 0.3 is 0 Å².